The molecule has 3 heterocycles. The average molecular weight is 410 g/mol. The summed E-state index contributed by atoms with van der Waals surface area (Å²) in [5.74, 6) is -1.61. The molecule has 2 aliphatic heterocycles. The lowest BCUT2D eigenvalue weighted by molar-refractivity contribution is -0.142. The van der Waals surface area contributed by atoms with Crippen molar-refractivity contribution in [1.29, 1.82) is 0 Å². The second-order valence-electron chi connectivity index (χ2n) is 6.60. The van der Waals surface area contributed by atoms with Crippen molar-refractivity contribution in [2.24, 2.45) is 0 Å². The van der Waals surface area contributed by atoms with E-state index in [0.29, 0.717) is 12.2 Å². The Balaban J connectivity index is 1.89. The molecule has 156 valence electrons. The monoisotopic (exact) mass is 409 g/mol. The summed E-state index contributed by atoms with van der Waals surface area (Å²) in [5.41, 5.74) is 6.16. The topological polar surface area (TPSA) is 103 Å². The van der Waals surface area contributed by atoms with Gasteiger partial charge in [-0.3, -0.25) is 4.79 Å². The van der Waals surface area contributed by atoms with Gasteiger partial charge in [-0.25, -0.2) is 4.98 Å². The number of methoxy groups -OCH3 is 2. The molecule has 0 aliphatic carbocycles. The second kappa shape index (κ2) is 7.90. The van der Waals surface area contributed by atoms with Crippen molar-refractivity contribution in [3.63, 3.8) is 0 Å². The third-order valence-electron chi connectivity index (χ3n) is 4.69. The van der Waals surface area contributed by atoms with E-state index < -0.39 is 43.9 Å². The van der Waals surface area contributed by atoms with Crippen LogP contribution >= 0.6 is 0 Å². The molecule has 9 heteroatoms. The maximum atomic E-state index is 13.2. The van der Waals surface area contributed by atoms with Gasteiger partial charge in [0.25, 0.3) is 5.91 Å². The van der Waals surface area contributed by atoms with Crippen LogP contribution < -0.4 is 20.1 Å². The Labute approximate surface area is 181 Å². The fraction of sp³-hybridized carbons (Fsp3) is 0.550. The smallest absolute Gasteiger partial charge is 0.251 e. The van der Waals surface area contributed by atoms with Gasteiger partial charge in [0.2, 0.25) is 5.95 Å². The minimum Gasteiger partial charge on any atom is -0.493 e. The number of benzene rings is 1. The number of piperazine rings is 1. The van der Waals surface area contributed by atoms with E-state index in [1.54, 1.807) is 6.92 Å². The number of amides is 1. The summed E-state index contributed by atoms with van der Waals surface area (Å²) < 4.78 is 84.6. The molecule has 1 unspecified atom stereocenters. The fourth-order valence-electron chi connectivity index (χ4n) is 3.16. The second-order valence-corrected chi connectivity index (χ2v) is 6.60. The Kier molecular flexibility index (Phi) is 3.27. The van der Waals surface area contributed by atoms with E-state index in [4.69, 9.17) is 30.9 Å². The maximum absolute atomic E-state index is 13.2. The number of nitrogens with two attached hydrogens (primary N) is 1. The van der Waals surface area contributed by atoms with Crippen molar-refractivity contribution in [2.45, 2.75) is 32.0 Å². The van der Waals surface area contributed by atoms with Crippen LogP contribution in [-0.2, 0) is 9.53 Å². The maximum Gasteiger partial charge on any atom is 0.251 e. The number of rotatable bonds is 4. The first-order chi connectivity index (χ1) is 17.0. The Morgan fingerprint density at radius 3 is 2.48 bits per heavy atom. The number of hydrogen-bond donors (Lipinski definition) is 1. The number of nitrogens with zero attached hydrogens (tertiary/aromatic N) is 4. The summed E-state index contributed by atoms with van der Waals surface area (Å²) in [6.45, 7) is -11.8. The van der Waals surface area contributed by atoms with Gasteiger partial charge in [-0.15, -0.1) is 0 Å². The largest absolute Gasteiger partial charge is 0.493 e. The Morgan fingerprint density at radius 2 is 1.86 bits per heavy atom. The molecule has 2 aliphatic rings. The molecule has 1 amide bonds. The van der Waals surface area contributed by atoms with E-state index in [-0.39, 0.29) is 44.8 Å². The van der Waals surface area contributed by atoms with Crippen molar-refractivity contribution < 1.29 is 30.0 Å². The van der Waals surface area contributed by atoms with Crippen molar-refractivity contribution in [3.05, 3.63) is 12.1 Å². The highest BCUT2D eigenvalue weighted by molar-refractivity contribution is 5.91. The van der Waals surface area contributed by atoms with Crippen LogP contribution in [0.15, 0.2) is 12.1 Å². The van der Waals surface area contributed by atoms with Crippen molar-refractivity contribution in [1.82, 2.24) is 14.9 Å². The van der Waals surface area contributed by atoms with Gasteiger partial charge in [0, 0.05) is 37.4 Å². The van der Waals surface area contributed by atoms with E-state index in [2.05, 4.69) is 9.97 Å². The minimum absolute atomic E-state index is 0.0303. The molecular formula is C20H27N5O4. The van der Waals surface area contributed by atoms with Crippen LogP contribution in [0.5, 0.6) is 11.5 Å². The molecule has 2 N–H and O–H groups in total. The van der Waals surface area contributed by atoms with Crippen LogP contribution in [0.25, 0.3) is 10.9 Å². The van der Waals surface area contributed by atoms with Gasteiger partial charge in [0.1, 0.15) is 11.9 Å². The van der Waals surface area contributed by atoms with Crippen molar-refractivity contribution in [3.8, 4) is 11.5 Å². The third kappa shape index (κ3) is 3.74. The lowest BCUT2D eigenvalue weighted by Crippen LogP contribution is -2.52. The molecule has 2 saturated heterocycles. The molecule has 2 aromatic rings. The zero-order valence-corrected chi connectivity index (χ0v) is 16.2. The molecule has 2 atom stereocenters. The first kappa shape index (κ1) is 12.0. The van der Waals surface area contributed by atoms with E-state index in [1.165, 1.54) is 26.4 Å². The first-order valence-electron chi connectivity index (χ1n) is 13.0. The quantitative estimate of drug-likeness (QED) is 0.809. The van der Waals surface area contributed by atoms with Crippen LogP contribution in [0.3, 0.4) is 0 Å². The molecule has 1 aromatic heterocycles. The van der Waals surface area contributed by atoms with Crippen LogP contribution in [-0.4, -0.2) is 73.2 Å². The molecule has 4 rings (SSSR count). The molecule has 0 bridgehead atoms. The fourth-order valence-corrected chi connectivity index (χ4v) is 3.16. The average Bonchev–Trinajstić information content (AvgIpc) is 3.23. The normalized spacial score (nSPS) is 33.2. The van der Waals surface area contributed by atoms with Gasteiger partial charge in [-0.2, -0.15) is 4.98 Å². The van der Waals surface area contributed by atoms with Crippen molar-refractivity contribution >= 4 is 28.6 Å². The highest BCUT2D eigenvalue weighted by atomic mass is 16.5. The minimum atomic E-state index is -3.39. The summed E-state index contributed by atoms with van der Waals surface area (Å²) in [6.07, 6.45) is -0.965. The number of ether oxygens (including phenoxy) is 3. The first-order valence-corrected chi connectivity index (χ1v) is 9.01. The van der Waals surface area contributed by atoms with Gasteiger partial charge >= 0.3 is 0 Å². The molecule has 9 nitrogen and oxygen atoms in total. The van der Waals surface area contributed by atoms with E-state index in [9.17, 15) is 4.79 Å². The molecule has 1 aromatic carbocycles. The molecule has 0 radical (unpaired) electrons. The van der Waals surface area contributed by atoms with E-state index in [1.807, 2.05) is 0 Å². The lowest BCUT2D eigenvalue weighted by atomic mass is 10.1. The number of aromatic nitrogens is 2. The molecule has 0 spiro atoms. The molecular weight excluding hydrogens is 374 g/mol. The number of hydrogen-bond acceptors (Lipinski definition) is 8. The number of anilines is 2. The number of carbonyl (C=O) groups is 1. The summed E-state index contributed by atoms with van der Waals surface area (Å²) in [4.78, 5) is 21.5. The summed E-state index contributed by atoms with van der Waals surface area (Å²) in [6, 6.07) is 2.86. The zero-order chi connectivity index (χ0) is 27.7. The van der Waals surface area contributed by atoms with Gasteiger partial charge in [-0.05, 0) is 25.8 Å². The summed E-state index contributed by atoms with van der Waals surface area (Å²) in [5, 5.41) is 0.259. The molecule has 0 saturated carbocycles. The SMILES string of the molecule is [2H]C1([2H])N(C(=O)C2CC[C@@H](C)O2)C([2H])([2H])C([2H])([2H])N(c2nc(N)c3cc(OC)c(OC)cc3n2)C1([2H])[2H]. The Morgan fingerprint density at radius 1 is 1.17 bits per heavy atom. The third-order valence-corrected chi connectivity index (χ3v) is 4.69. The van der Waals surface area contributed by atoms with Gasteiger partial charge in [-0.1, -0.05) is 0 Å². The van der Waals surface area contributed by atoms with Crippen LogP contribution in [0, 0.1) is 0 Å². The number of carbonyl (C=O) groups excluding carboxylic acids is 1. The van der Waals surface area contributed by atoms with Crippen molar-refractivity contribution in [2.75, 3.05) is 50.8 Å². The summed E-state index contributed by atoms with van der Waals surface area (Å²) in [7, 11) is 2.78. The van der Waals surface area contributed by atoms with Gasteiger partial charge in [0.15, 0.2) is 11.5 Å². The zero-order valence-electron chi connectivity index (χ0n) is 24.2. The van der Waals surface area contributed by atoms with Crippen LogP contribution in [0.4, 0.5) is 11.8 Å². The Hall–Kier alpha value is -2.81. The highest BCUT2D eigenvalue weighted by Gasteiger charge is 2.33. The predicted octanol–water partition coefficient (Wildman–Crippen LogP) is 1.45. The molecule has 29 heavy (non-hydrogen) atoms. The predicted molar refractivity (Wildman–Crippen MR) is 109 cm³/mol. The van der Waals surface area contributed by atoms with Crippen LogP contribution in [0.1, 0.15) is 30.7 Å². The summed E-state index contributed by atoms with van der Waals surface area (Å²) >= 11 is 0. The Bertz CT molecular complexity index is 1220. The standard InChI is InChI=1S/C20H27N5O4/c1-12-4-5-15(29-12)19(26)24-6-8-25(9-7-24)20-22-14-11-17(28-3)16(27-2)10-13(14)18(21)23-20/h10-12,15H,4-9H2,1-3H3,(H2,21,22,23)/t12-,15?/m1/s1/i6D2,7D2,8D2,9D2. The van der Waals surface area contributed by atoms with Crippen LogP contribution in [0.2, 0.25) is 0 Å². The highest BCUT2D eigenvalue weighted by Crippen LogP contribution is 2.34. The lowest BCUT2D eigenvalue weighted by Gasteiger charge is -2.35. The van der Waals surface area contributed by atoms with E-state index in [0.717, 1.165) is 0 Å². The number of nitrogen functional groups attached to an aromatic ring is 1. The van der Waals surface area contributed by atoms with Gasteiger partial charge < -0.3 is 29.7 Å². The van der Waals surface area contributed by atoms with E-state index >= 15 is 0 Å². The van der Waals surface area contributed by atoms with Gasteiger partial charge in [0.05, 0.1) is 36.8 Å². The number of fused-ring (bicyclic) bond motifs is 1. The molecule has 2 fully saturated rings.